The van der Waals surface area contributed by atoms with Gasteiger partial charge in [0.05, 0.1) is 6.54 Å². The summed E-state index contributed by atoms with van der Waals surface area (Å²) in [5.41, 5.74) is 0.474. The van der Waals surface area contributed by atoms with Crippen molar-refractivity contribution < 1.29 is 15.0 Å². The molecule has 0 fully saturated rings. The lowest BCUT2D eigenvalue weighted by molar-refractivity contribution is 0.0694. The zero-order valence-corrected chi connectivity index (χ0v) is 8.24. The van der Waals surface area contributed by atoms with Crippen molar-refractivity contribution in [2.75, 3.05) is 13.6 Å². The normalized spacial score (nSPS) is 9.13. The first-order valence-electron chi connectivity index (χ1n) is 4.35. The van der Waals surface area contributed by atoms with E-state index in [1.54, 1.807) is 13.1 Å². The largest absolute Gasteiger partial charge is 0.507 e. The number of phenols is 1. The van der Waals surface area contributed by atoms with Gasteiger partial charge in [-0.15, -0.1) is 0 Å². The summed E-state index contributed by atoms with van der Waals surface area (Å²) in [6.45, 7) is 0.543. The van der Waals surface area contributed by atoms with Gasteiger partial charge in [-0.2, -0.15) is 0 Å². The Morgan fingerprint density at radius 3 is 2.80 bits per heavy atom. The quantitative estimate of drug-likeness (QED) is 0.620. The number of carboxylic acid groups (broad SMARTS) is 1. The zero-order chi connectivity index (χ0) is 11.3. The van der Waals surface area contributed by atoms with Crippen molar-refractivity contribution in [1.82, 2.24) is 5.32 Å². The molecule has 3 N–H and O–H groups in total. The Bertz CT molecular complexity index is 429. The Balaban J connectivity index is 2.93. The predicted octanol–water partition coefficient (Wildman–Crippen LogP) is 0.661. The second-order valence-corrected chi connectivity index (χ2v) is 2.87. The highest BCUT2D eigenvalue weighted by atomic mass is 16.4. The summed E-state index contributed by atoms with van der Waals surface area (Å²) < 4.78 is 0. The maximum absolute atomic E-state index is 10.6. The van der Waals surface area contributed by atoms with Gasteiger partial charge in [-0.1, -0.05) is 11.8 Å². The summed E-state index contributed by atoms with van der Waals surface area (Å²) in [6, 6.07) is 4.24. The number of carbonyl (C=O) groups is 1. The SMILES string of the molecule is CNCC#Cc1ccc(C(=O)O)c(O)c1. The molecule has 0 saturated carbocycles. The Kier molecular flexibility index (Phi) is 3.72. The number of aromatic hydroxyl groups is 1. The van der Waals surface area contributed by atoms with E-state index in [1.807, 2.05) is 0 Å². The summed E-state index contributed by atoms with van der Waals surface area (Å²) in [4.78, 5) is 10.6. The smallest absolute Gasteiger partial charge is 0.339 e. The van der Waals surface area contributed by atoms with Crippen molar-refractivity contribution in [3.63, 3.8) is 0 Å². The van der Waals surface area contributed by atoms with Gasteiger partial charge in [-0.3, -0.25) is 0 Å². The van der Waals surface area contributed by atoms with E-state index in [4.69, 9.17) is 5.11 Å². The van der Waals surface area contributed by atoms with Crippen molar-refractivity contribution in [1.29, 1.82) is 0 Å². The Labute approximate surface area is 87.6 Å². The van der Waals surface area contributed by atoms with Gasteiger partial charge in [0.1, 0.15) is 11.3 Å². The number of hydrogen-bond acceptors (Lipinski definition) is 3. The number of carboxylic acids is 1. The molecule has 0 heterocycles. The highest BCUT2D eigenvalue weighted by molar-refractivity contribution is 5.90. The van der Waals surface area contributed by atoms with Crippen LogP contribution in [0.2, 0.25) is 0 Å². The molecule has 4 nitrogen and oxygen atoms in total. The van der Waals surface area contributed by atoms with E-state index in [9.17, 15) is 9.90 Å². The first-order valence-corrected chi connectivity index (χ1v) is 4.35. The average molecular weight is 205 g/mol. The molecule has 0 aliphatic heterocycles. The van der Waals surface area contributed by atoms with Crippen LogP contribution >= 0.6 is 0 Å². The summed E-state index contributed by atoms with van der Waals surface area (Å²) >= 11 is 0. The monoisotopic (exact) mass is 205 g/mol. The van der Waals surface area contributed by atoms with E-state index in [-0.39, 0.29) is 11.3 Å². The standard InChI is InChI=1S/C11H11NO3/c1-12-6-2-3-8-4-5-9(11(14)15)10(13)7-8/h4-5,7,12-13H,6H2,1H3,(H,14,15). The molecule has 0 amide bonds. The maximum Gasteiger partial charge on any atom is 0.339 e. The van der Waals surface area contributed by atoms with E-state index in [0.29, 0.717) is 12.1 Å². The van der Waals surface area contributed by atoms with Crippen LogP contribution in [0.15, 0.2) is 18.2 Å². The second-order valence-electron chi connectivity index (χ2n) is 2.87. The van der Waals surface area contributed by atoms with Crippen LogP contribution in [0.5, 0.6) is 5.75 Å². The Hall–Kier alpha value is -1.99. The van der Waals surface area contributed by atoms with Crippen LogP contribution in [0.4, 0.5) is 0 Å². The molecule has 0 aliphatic carbocycles. The lowest BCUT2D eigenvalue weighted by Gasteiger charge is -1.98. The van der Waals surface area contributed by atoms with E-state index < -0.39 is 5.97 Å². The molecule has 0 aliphatic rings. The minimum absolute atomic E-state index is 0.117. The third-order valence-electron chi connectivity index (χ3n) is 1.73. The molecule has 0 radical (unpaired) electrons. The van der Waals surface area contributed by atoms with Gasteiger partial charge in [-0.05, 0) is 25.2 Å². The lowest BCUT2D eigenvalue weighted by atomic mass is 10.1. The molecular formula is C11H11NO3. The van der Waals surface area contributed by atoms with Crippen molar-refractivity contribution in [3.05, 3.63) is 29.3 Å². The molecule has 78 valence electrons. The van der Waals surface area contributed by atoms with Gasteiger partial charge in [0.2, 0.25) is 0 Å². The molecule has 1 aromatic rings. The van der Waals surface area contributed by atoms with Crippen LogP contribution in [0, 0.1) is 11.8 Å². The predicted molar refractivity (Wildman–Crippen MR) is 55.9 cm³/mol. The van der Waals surface area contributed by atoms with E-state index in [0.717, 1.165) is 0 Å². The van der Waals surface area contributed by atoms with E-state index in [1.165, 1.54) is 12.1 Å². The highest BCUT2D eigenvalue weighted by Crippen LogP contribution is 2.17. The molecule has 0 aromatic heterocycles. The third kappa shape index (κ3) is 3.01. The number of rotatable bonds is 2. The third-order valence-corrected chi connectivity index (χ3v) is 1.73. The van der Waals surface area contributed by atoms with Crippen LogP contribution in [-0.2, 0) is 0 Å². The first-order chi connectivity index (χ1) is 7.15. The van der Waals surface area contributed by atoms with Crippen LogP contribution in [0.1, 0.15) is 15.9 Å². The van der Waals surface area contributed by atoms with Crippen LogP contribution < -0.4 is 5.32 Å². The fourth-order valence-electron chi connectivity index (χ4n) is 1.02. The average Bonchev–Trinajstić information content (AvgIpc) is 2.17. The number of benzene rings is 1. The summed E-state index contributed by atoms with van der Waals surface area (Å²) in [5, 5.41) is 20.9. The minimum atomic E-state index is -1.15. The number of nitrogens with one attached hydrogen (secondary N) is 1. The van der Waals surface area contributed by atoms with Gasteiger partial charge < -0.3 is 15.5 Å². The number of hydrogen-bond donors (Lipinski definition) is 3. The molecule has 1 aromatic carbocycles. The van der Waals surface area contributed by atoms with Crippen molar-refractivity contribution in [2.45, 2.75) is 0 Å². The molecule has 0 saturated heterocycles. The van der Waals surface area contributed by atoms with Gasteiger partial charge in [-0.25, -0.2) is 4.79 Å². The van der Waals surface area contributed by atoms with Gasteiger partial charge in [0, 0.05) is 5.56 Å². The van der Waals surface area contributed by atoms with Gasteiger partial charge >= 0.3 is 5.97 Å². The summed E-state index contributed by atoms with van der Waals surface area (Å²) in [6.07, 6.45) is 0. The van der Waals surface area contributed by atoms with E-state index >= 15 is 0 Å². The summed E-state index contributed by atoms with van der Waals surface area (Å²) in [7, 11) is 1.78. The van der Waals surface area contributed by atoms with Crippen LogP contribution in [0.3, 0.4) is 0 Å². The lowest BCUT2D eigenvalue weighted by Crippen LogP contribution is -2.04. The van der Waals surface area contributed by atoms with Gasteiger partial charge in [0.25, 0.3) is 0 Å². The Morgan fingerprint density at radius 1 is 1.53 bits per heavy atom. The molecule has 0 spiro atoms. The Morgan fingerprint density at radius 2 is 2.27 bits per heavy atom. The molecule has 4 heteroatoms. The van der Waals surface area contributed by atoms with Crippen molar-refractivity contribution >= 4 is 5.97 Å². The van der Waals surface area contributed by atoms with Crippen LogP contribution in [-0.4, -0.2) is 29.8 Å². The minimum Gasteiger partial charge on any atom is -0.507 e. The van der Waals surface area contributed by atoms with Gasteiger partial charge in [0.15, 0.2) is 0 Å². The summed E-state index contributed by atoms with van der Waals surface area (Å²) in [5.74, 6) is 4.18. The number of aromatic carboxylic acids is 1. The molecule has 15 heavy (non-hydrogen) atoms. The van der Waals surface area contributed by atoms with E-state index in [2.05, 4.69) is 17.2 Å². The topological polar surface area (TPSA) is 69.6 Å². The molecular weight excluding hydrogens is 194 g/mol. The highest BCUT2D eigenvalue weighted by Gasteiger charge is 2.08. The van der Waals surface area contributed by atoms with Crippen molar-refractivity contribution in [3.8, 4) is 17.6 Å². The first kappa shape index (κ1) is 11.1. The molecule has 1 rings (SSSR count). The van der Waals surface area contributed by atoms with Crippen LogP contribution in [0.25, 0.3) is 0 Å². The molecule has 0 bridgehead atoms. The molecule has 0 atom stereocenters. The maximum atomic E-state index is 10.6. The van der Waals surface area contributed by atoms with Crippen molar-refractivity contribution in [2.24, 2.45) is 0 Å². The fraction of sp³-hybridized carbons (Fsp3) is 0.182. The molecule has 0 unspecified atom stereocenters. The second kappa shape index (κ2) is 5.03. The fourth-order valence-corrected chi connectivity index (χ4v) is 1.02. The zero-order valence-electron chi connectivity index (χ0n) is 8.24.